The van der Waals surface area contributed by atoms with Crippen LogP contribution in [-0.2, 0) is 0 Å². The zero-order valence-corrected chi connectivity index (χ0v) is 33.8. The van der Waals surface area contributed by atoms with Gasteiger partial charge in [0.1, 0.15) is 24.6 Å². The quantitative estimate of drug-likeness (QED) is 0.0503. The van der Waals surface area contributed by atoms with Gasteiger partial charge in [-0.2, -0.15) is 0 Å². The van der Waals surface area contributed by atoms with E-state index >= 15 is 0 Å². The lowest BCUT2D eigenvalue weighted by Crippen LogP contribution is -2.30. The predicted octanol–water partition coefficient (Wildman–Crippen LogP) is 12.4. The lowest BCUT2D eigenvalue weighted by molar-refractivity contribution is -0.528. The van der Waals surface area contributed by atoms with E-state index in [4.69, 9.17) is 6.57 Å². The van der Waals surface area contributed by atoms with Crippen LogP contribution in [-0.4, -0.2) is 46.7 Å². The fourth-order valence-corrected chi connectivity index (χ4v) is 8.85. The van der Waals surface area contributed by atoms with Crippen LogP contribution in [0.5, 0.6) is 5.75 Å². The first kappa shape index (κ1) is 39.1. The second kappa shape index (κ2) is 17.4. The molecular formula is C51H53N4O2+. The molecule has 0 unspecified atom stereocenters. The number of phenolic OH excluding ortho intramolecular Hbond substituents is 1. The molecule has 5 aromatic rings. The zero-order chi connectivity index (χ0) is 40.1. The van der Waals surface area contributed by atoms with Gasteiger partial charge in [-0.3, -0.25) is 0 Å². The summed E-state index contributed by atoms with van der Waals surface area (Å²) < 4.78 is 2.53. The molecule has 0 spiro atoms. The number of hydrogen-bond acceptors (Lipinski definition) is 4. The third kappa shape index (κ3) is 6.89. The number of aliphatic hydroxyl groups excluding tert-OH is 1. The van der Waals surface area contributed by atoms with Crippen LogP contribution in [0, 0.1) is 17.9 Å². The van der Waals surface area contributed by atoms with Crippen LogP contribution >= 0.6 is 0 Å². The maximum Gasteiger partial charge on any atom is 0.270 e. The molecule has 0 atom stereocenters. The van der Waals surface area contributed by atoms with Crippen LogP contribution in [0.1, 0.15) is 107 Å². The van der Waals surface area contributed by atoms with Gasteiger partial charge in [0.2, 0.25) is 5.71 Å². The lowest BCUT2D eigenvalue weighted by Gasteiger charge is -2.35. The van der Waals surface area contributed by atoms with Crippen molar-refractivity contribution in [2.75, 3.05) is 31.1 Å². The molecule has 0 aliphatic heterocycles. The SMILES string of the molecule is [C-]#[N+]/C(C#N)=C1\C(=C2c3ccccc3C(=[N+](CCCC)CCCC)c3ccccc32)C(O)=C1c1c2ccccc2c(N(CCCC)CCCC)c2cccc(O)c12. The summed E-state index contributed by atoms with van der Waals surface area (Å²) in [4.78, 5) is 6.26. The molecule has 0 fully saturated rings. The lowest BCUT2D eigenvalue weighted by atomic mass is 9.69. The van der Waals surface area contributed by atoms with E-state index < -0.39 is 0 Å². The first-order valence-electron chi connectivity index (χ1n) is 20.9. The van der Waals surface area contributed by atoms with Crippen molar-refractivity contribution >= 4 is 44.1 Å². The molecule has 57 heavy (non-hydrogen) atoms. The van der Waals surface area contributed by atoms with Gasteiger partial charge in [-0.25, -0.2) is 14.7 Å². The maximum atomic E-state index is 12.7. The van der Waals surface area contributed by atoms with Gasteiger partial charge in [-0.15, -0.1) is 0 Å². The smallest absolute Gasteiger partial charge is 0.270 e. The van der Waals surface area contributed by atoms with Gasteiger partial charge in [0, 0.05) is 69.9 Å². The Kier molecular flexibility index (Phi) is 11.9. The van der Waals surface area contributed by atoms with Crippen molar-refractivity contribution in [3.05, 3.63) is 153 Å². The molecule has 2 aliphatic carbocycles. The highest BCUT2D eigenvalue weighted by molar-refractivity contribution is 6.26. The Bertz CT molecular complexity index is 2490. The zero-order valence-electron chi connectivity index (χ0n) is 33.8. The molecule has 0 aromatic heterocycles. The van der Waals surface area contributed by atoms with Crippen molar-refractivity contribution in [2.45, 2.75) is 79.1 Å². The Labute approximate surface area is 337 Å². The summed E-state index contributed by atoms with van der Waals surface area (Å²) in [6.07, 6.45) is 8.51. The molecule has 7 rings (SSSR count). The molecule has 0 amide bonds. The fourth-order valence-electron chi connectivity index (χ4n) is 8.85. The Balaban J connectivity index is 1.60. The second-order valence-electron chi connectivity index (χ2n) is 15.2. The summed E-state index contributed by atoms with van der Waals surface area (Å²) in [6.45, 7) is 20.8. The van der Waals surface area contributed by atoms with Gasteiger partial charge in [0.05, 0.1) is 29.5 Å². The average molecular weight is 754 g/mol. The Hall–Kier alpha value is -6.11. The third-order valence-corrected chi connectivity index (χ3v) is 11.6. The van der Waals surface area contributed by atoms with E-state index in [-0.39, 0.29) is 17.2 Å². The second-order valence-corrected chi connectivity index (χ2v) is 15.2. The van der Waals surface area contributed by atoms with E-state index in [9.17, 15) is 15.5 Å². The van der Waals surface area contributed by atoms with E-state index in [0.29, 0.717) is 27.7 Å². The number of allylic oxidation sites excluding steroid dienone is 3. The van der Waals surface area contributed by atoms with Crippen LogP contribution in [0.25, 0.3) is 37.5 Å². The summed E-state index contributed by atoms with van der Waals surface area (Å²) in [5, 5.41) is 38.6. The number of fused-ring (bicyclic) bond motifs is 4. The summed E-state index contributed by atoms with van der Waals surface area (Å²) in [7, 11) is 0. The molecule has 0 heterocycles. The Morgan fingerprint density at radius 2 is 1.18 bits per heavy atom. The highest BCUT2D eigenvalue weighted by Crippen LogP contribution is 2.57. The molecule has 2 aliphatic rings. The maximum absolute atomic E-state index is 12.7. The number of benzene rings is 5. The van der Waals surface area contributed by atoms with Gasteiger partial charge in [0.25, 0.3) is 5.70 Å². The van der Waals surface area contributed by atoms with Crippen molar-refractivity contribution in [3.8, 4) is 11.8 Å². The molecular weight excluding hydrogens is 701 g/mol. The monoisotopic (exact) mass is 753 g/mol. The molecule has 0 saturated carbocycles. The van der Waals surface area contributed by atoms with Gasteiger partial charge in [-0.05, 0) is 47.6 Å². The number of anilines is 1. The van der Waals surface area contributed by atoms with Crippen molar-refractivity contribution in [1.29, 1.82) is 5.26 Å². The average Bonchev–Trinajstić information content (AvgIpc) is 3.24. The number of aliphatic hydroxyl groups is 1. The standard InChI is InChI=1S/C51H52N4O2/c1-6-10-29-54(30-11-7-2)49-37-24-17-14-21-34(37)43(35-22-15-18-25-38(35)49)47-46(41(33-52)53-5)48(51(47)57)45-36-23-16-19-26-39(36)50(40-27-20-28-42(56)44(40)45)55(31-12-8-3)32-13-9-4/h14-28H,6-13,29-32H2,1-4H3,(H-,56,57)/p+1/b46-41+. The number of phenols is 1. The van der Waals surface area contributed by atoms with E-state index in [2.05, 4.69) is 96.6 Å². The Morgan fingerprint density at radius 3 is 1.72 bits per heavy atom. The summed E-state index contributed by atoms with van der Waals surface area (Å²) in [5.74, 6) is 0.115. The number of unbranched alkanes of at least 4 members (excludes halogenated alkanes) is 4. The van der Waals surface area contributed by atoms with Crippen LogP contribution < -0.4 is 4.90 Å². The first-order chi connectivity index (χ1) is 27.9. The van der Waals surface area contributed by atoms with Gasteiger partial charge < -0.3 is 15.1 Å². The minimum atomic E-state index is -0.0909. The fraction of sp³-hybridized carbons (Fsp3) is 0.314. The van der Waals surface area contributed by atoms with E-state index in [1.54, 1.807) is 6.07 Å². The van der Waals surface area contributed by atoms with Crippen molar-refractivity contribution in [3.63, 3.8) is 0 Å². The highest BCUT2D eigenvalue weighted by atomic mass is 16.3. The van der Waals surface area contributed by atoms with Crippen LogP contribution in [0.3, 0.4) is 0 Å². The van der Waals surface area contributed by atoms with Gasteiger partial charge >= 0.3 is 0 Å². The molecule has 5 aromatic carbocycles. The Morgan fingerprint density at radius 1 is 0.649 bits per heavy atom. The molecule has 0 saturated heterocycles. The van der Waals surface area contributed by atoms with E-state index in [1.165, 1.54) is 5.71 Å². The van der Waals surface area contributed by atoms with Crippen LogP contribution in [0.4, 0.5) is 5.69 Å². The highest BCUT2D eigenvalue weighted by Gasteiger charge is 2.42. The van der Waals surface area contributed by atoms with Crippen LogP contribution in [0.2, 0.25) is 0 Å². The molecule has 0 bridgehead atoms. The van der Waals surface area contributed by atoms with Gasteiger partial charge in [-0.1, -0.05) is 126 Å². The number of nitriles is 1. The van der Waals surface area contributed by atoms with E-state index in [1.807, 2.05) is 36.4 Å². The predicted molar refractivity (Wildman–Crippen MR) is 236 cm³/mol. The third-order valence-electron chi connectivity index (χ3n) is 11.6. The number of nitrogens with zero attached hydrogens (tertiary/aromatic N) is 4. The normalized spacial score (nSPS) is 14.2. The van der Waals surface area contributed by atoms with E-state index in [0.717, 1.165) is 127 Å². The molecule has 6 nitrogen and oxygen atoms in total. The first-order valence-corrected chi connectivity index (χ1v) is 20.9. The van der Waals surface area contributed by atoms with Crippen molar-refractivity contribution < 1.29 is 14.8 Å². The molecule has 6 heteroatoms. The minimum absolute atomic E-state index is 0.0227. The molecule has 2 N–H and O–H groups in total. The minimum Gasteiger partial charge on any atom is -0.507 e. The summed E-state index contributed by atoms with van der Waals surface area (Å²) >= 11 is 0. The number of rotatable bonds is 14. The van der Waals surface area contributed by atoms with Crippen LogP contribution in [0.15, 0.2) is 114 Å². The number of aromatic hydroxyl groups is 1. The topological polar surface area (TPSA) is 74.9 Å². The molecule has 0 radical (unpaired) electrons. The molecule has 288 valence electrons. The van der Waals surface area contributed by atoms with Crippen molar-refractivity contribution in [2.24, 2.45) is 0 Å². The summed E-state index contributed by atoms with van der Waals surface area (Å²) in [6, 6.07) is 32.7. The number of hydrogen-bond donors (Lipinski definition) is 2. The summed E-state index contributed by atoms with van der Waals surface area (Å²) in [5.41, 5.74) is 8.99. The largest absolute Gasteiger partial charge is 0.507 e. The van der Waals surface area contributed by atoms with Gasteiger partial charge in [0.15, 0.2) is 0 Å². The van der Waals surface area contributed by atoms with Crippen molar-refractivity contribution in [1.82, 2.24) is 0 Å².